The second-order valence-corrected chi connectivity index (χ2v) is 7.60. The largest absolute Gasteiger partial charge is 0.382 e. The Kier molecular flexibility index (Phi) is 8.10. The van der Waals surface area contributed by atoms with Gasteiger partial charge in [0.1, 0.15) is 0 Å². The van der Waals surface area contributed by atoms with E-state index in [4.69, 9.17) is 16.3 Å². The highest BCUT2D eigenvalue weighted by molar-refractivity contribution is 7.99. The number of hydrogen-bond donors (Lipinski definition) is 1. The summed E-state index contributed by atoms with van der Waals surface area (Å²) in [7, 11) is 0. The molecule has 3 aromatic rings. The summed E-state index contributed by atoms with van der Waals surface area (Å²) in [4.78, 5) is 12.3. The minimum absolute atomic E-state index is 0.109. The Balaban J connectivity index is 1.67. The zero-order valence-corrected chi connectivity index (χ0v) is 17.7. The molecule has 3 rings (SSSR count). The minimum Gasteiger partial charge on any atom is -0.382 e. The number of nitrogens with zero attached hydrogens (tertiary/aromatic N) is 3. The zero-order chi connectivity index (χ0) is 20.5. The van der Waals surface area contributed by atoms with Crippen molar-refractivity contribution in [2.24, 2.45) is 0 Å². The normalized spacial score (nSPS) is 10.8. The number of rotatable bonds is 10. The van der Waals surface area contributed by atoms with Crippen molar-refractivity contribution in [1.29, 1.82) is 0 Å². The zero-order valence-electron chi connectivity index (χ0n) is 16.2. The van der Waals surface area contributed by atoms with Crippen LogP contribution in [0.25, 0.3) is 11.4 Å². The van der Waals surface area contributed by atoms with Crippen molar-refractivity contribution < 1.29 is 9.53 Å². The van der Waals surface area contributed by atoms with Crippen LogP contribution < -0.4 is 5.32 Å². The molecular weight excluding hydrogens is 408 g/mol. The van der Waals surface area contributed by atoms with Crippen LogP contribution in [-0.4, -0.2) is 39.6 Å². The summed E-state index contributed by atoms with van der Waals surface area (Å²) in [5, 5.41) is 12.9. The van der Waals surface area contributed by atoms with Gasteiger partial charge in [-0.2, -0.15) is 0 Å². The SMILES string of the molecule is CCOCCCn1c(SCC(=O)Nc2ccc(Cl)cc2)nnc1-c1ccccc1. The number of anilines is 1. The Morgan fingerprint density at radius 3 is 2.62 bits per heavy atom. The van der Waals surface area contributed by atoms with E-state index in [2.05, 4.69) is 20.1 Å². The van der Waals surface area contributed by atoms with Crippen molar-refractivity contribution in [2.75, 3.05) is 24.3 Å². The molecule has 0 aliphatic heterocycles. The van der Waals surface area contributed by atoms with E-state index in [1.54, 1.807) is 24.3 Å². The molecule has 0 atom stereocenters. The highest BCUT2D eigenvalue weighted by Gasteiger charge is 2.15. The standard InChI is InChI=1S/C21H23ClN4O2S/c1-2-28-14-6-13-26-20(16-7-4-3-5-8-16)24-25-21(26)29-15-19(27)23-18-11-9-17(22)10-12-18/h3-5,7-12H,2,6,13-15H2,1H3,(H,23,27). The molecule has 2 aromatic carbocycles. The molecule has 0 aliphatic rings. The topological polar surface area (TPSA) is 69.0 Å². The summed E-state index contributed by atoms with van der Waals surface area (Å²) in [6.45, 7) is 4.07. The average Bonchev–Trinajstić information content (AvgIpc) is 3.15. The van der Waals surface area contributed by atoms with Gasteiger partial charge in [0.05, 0.1) is 5.75 Å². The van der Waals surface area contributed by atoms with Gasteiger partial charge in [0.25, 0.3) is 0 Å². The molecule has 0 saturated carbocycles. The summed E-state index contributed by atoms with van der Waals surface area (Å²) in [5.74, 6) is 0.922. The lowest BCUT2D eigenvalue weighted by molar-refractivity contribution is -0.113. The van der Waals surface area contributed by atoms with Crippen molar-refractivity contribution in [2.45, 2.75) is 25.0 Å². The molecule has 8 heteroatoms. The smallest absolute Gasteiger partial charge is 0.234 e. The first kappa shape index (κ1) is 21.4. The molecule has 0 radical (unpaired) electrons. The third kappa shape index (κ3) is 6.32. The molecule has 152 valence electrons. The number of carbonyl (C=O) groups excluding carboxylic acids is 1. The summed E-state index contributed by atoms with van der Waals surface area (Å²) < 4.78 is 7.51. The third-order valence-electron chi connectivity index (χ3n) is 4.08. The fourth-order valence-electron chi connectivity index (χ4n) is 2.73. The van der Waals surface area contributed by atoms with E-state index in [1.165, 1.54) is 11.8 Å². The Morgan fingerprint density at radius 2 is 1.90 bits per heavy atom. The van der Waals surface area contributed by atoms with Gasteiger partial charge in [-0.15, -0.1) is 10.2 Å². The first-order chi connectivity index (χ1) is 14.2. The molecule has 6 nitrogen and oxygen atoms in total. The van der Waals surface area contributed by atoms with Crippen LogP contribution in [-0.2, 0) is 16.1 Å². The van der Waals surface area contributed by atoms with Gasteiger partial charge < -0.3 is 14.6 Å². The number of amides is 1. The van der Waals surface area contributed by atoms with Crippen molar-refractivity contribution in [3.05, 3.63) is 59.6 Å². The molecule has 1 amide bonds. The van der Waals surface area contributed by atoms with Crippen molar-refractivity contribution in [3.8, 4) is 11.4 Å². The van der Waals surface area contributed by atoms with Crippen LogP contribution in [0.3, 0.4) is 0 Å². The van der Waals surface area contributed by atoms with E-state index in [1.807, 2.05) is 37.3 Å². The monoisotopic (exact) mass is 430 g/mol. The maximum atomic E-state index is 12.3. The van der Waals surface area contributed by atoms with Crippen LogP contribution in [0.1, 0.15) is 13.3 Å². The van der Waals surface area contributed by atoms with Gasteiger partial charge in [-0.05, 0) is 37.6 Å². The van der Waals surface area contributed by atoms with Crippen LogP contribution in [0.5, 0.6) is 0 Å². The predicted molar refractivity (Wildman–Crippen MR) is 117 cm³/mol. The minimum atomic E-state index is -0.109. The van der Waals surface area contributed by atoms with Crippen LogP contribution in [0.15, 0.2) is 59.8 Å². The number of halogens is 1. The number of nitrogens with one attached hydrogen (secondary N) is 1. The highest BCUT2D eigenvalue weighted by Crippen LogP contribution is 2.24. The van der Waals surface area contributed by atoms with Crippen molar-refractivity contribution in [1.82, 2.24) is 14.8 Å². The quantitative estimate of drug-likeness (QED) is 0.371. The van der Waals surface area contributed by atoms with Gasteiger partial charge in [0, 0.05) is 36.0 Å². The molecule has 0 bridgehead atoms. The molecule has 0 spiro atoms. The maximum absolute atomic E-state index is 12.3. The van der Waals surface area contributed by atoms with Gasteiger partial charge in [0.2, 0.25) is 5.91 Å². The Bertz CT molecular complexity index is 916. The Morgan fingerprint density at radius 1 is 1.14 bits per heavy atom. The molecule has 0 fully saturated rings. The number of hydrogen-bond acceptors (Lipinski definition) is 5. The lowest BCUT2D eigenvalue weighted by atomic mass is 10.2. The molecule has 1 aromatic heterocycles. The summed E-state index contributed by atoms with van der Waals surface area (Å²) >= 11 is 7.24. The summed E-state index contributed by atoms with van der Waals surface area (Å²) in [5.41, 5.74) is 1.71. The predicted octanol–water partition coefficient (Wildman–Crippen LogP) is 4.76. The molecule has 29 heavy (non-hydrogen) atoms. The fourth-order valence-corrected chi connectivity index (χ4v) is 3.62. The van der Waals surface area contributed by atoms with E-state index in [-0.39, 0.29) is 11.7 Å². The first-order valence-corrected chi connectivity index (χ1v) is 10.8. The highest BCUT2D eigenvalue weighted by atomic mass is 35.5. The van der Waals surface area contributed by atoms with E-state index < -0.39 is 0 Å². The summed E-state index contributed by atoms with van der Waals surface area (Å²) in [6.07, 6.45) is 0.843. The molecular formula is C21H23ClN4O2S. The van der Waals surface area contributed by atoms with Gasteiger partial charge >= 0.3 is 0 Å². The van der Waals surface area contributed by atoms with Gasteiger partial charge in [-0.25, -0.2) is 0 Å². The summed E-state index contributed by atoms with van der Waals surface area (Å²) in [6, 6.07) is 17.0. The molecule has 0 aliphatic carbocycles. The Labute approximate surface area is 179 Å². The van der Waals surface area contributed by atoms with Gasteiger partial charge in [-0.3, -0.25) is 4.79 Å². The van der Waals surface area contributed by atoms with E-state index >= 15 is 0 Å². The average molecular weight is 431 g/mol. The van der Waals surface area contributed by atoms with E-state index in [0.717, 1.165) is 24.4 Å². The van der Waals surface area contributed by atoms with Gasteiger partial charge in [0.15, 0.2) is 11.0 Å². The molecule has 1 heterocycles. The number of thioether (sulfide) groups is 1. The third-order valence-corrected chi connectivity index (χ3v) is 5.30. The molecule has 0 saturated heterocycles. The van der Waals surface area contributed by atoms with Crippen LogP contribution >= 0.6 is 23.4 Å². The van der Waals surface area contributed by atoms with Crippen molar-refractivity contribution >= 4 is 35.0 Å². The number of ether oxygens (including phenoxy) is 1. The lowest BCUT2D eigenvalue weighted by Crippen LogP contribution is -2.14. The second-order valence-electron chi connectivity index (χ2n) is 6.22. The van der Waals surface area contributed by atoms with Crippen molar-refractivity contribution in [3.63, 3.8) is 0 Å². The molecule has 1 N–H and O–H groups in total. The van der Waals surface area contributed by atoms with Crippen LogP contribution in [0.4, 0.5) is 5.69 Å². The Hall–Kier alpha value is -2.35. The van der Waals surface area contributed by atoms with Crippen LogP contribution in [0.2, 0.25) is 5.02 Å². The van der Waals surface area contributed by atoms with Crippen LogP contribution in [0, 0.1) is 0 Å². The number of carbonyl (C=O) groups is 1. The second kappa shape index (κ2) is 11.0. The fraction of sp³-hybridized carbons (Fsp3) is 0.286. The first-order valence-electron chi connectivity index (χ1n) is 9.42. The molecule has 0 unspecified atom stereocenters. The maximum Gasteiger partial charge on any atom is 0.234 e. The number of aromatic nitrogens is 3. The lowest BCUT2D eigenvalue weighted by Gasteiger charge is -2.10. The van der Waals surface area contributed by atoms with Gasteiger partial charge in [-0.1, -0.05) is 53.7 Å². The van der Waals surface area contributed by atoms with E-state index in [0.29, 0.717) is 29.1 Å². The van der Waals surface area contributed by atoms with E-state index in [9.17, 15) is 4.79 Å². The number of benzene rings is 2.